The van der Waals surface area contributed by atoms with Crippen molar-refractivity contribution >= 4 is 23.0 Å². The van der Waals surface area contributed by atoms with Gasteiger partial charge in [0.05, 0.1) is 28.2 Å². The number of halogens is 2. The summed E-state index contributed by atoms with van der Waals surface area (Å²) < 4.78 is 13.5. The topological polar surface area (TPSA) is 50.4 Å². The van der Waals surface area contributed by atoms with Gasteiger partial charge < -0.3 is 11.1 Å². The number of hydrogen-bond acceptors (Lipinski definition) is 3. The van der Waals surface area contributed by atoms with Gasteiger partial charge >= 0.3 is 0 Å². The maximum atomic E-state index is 13.5. The molecule has 1 aliphatic carbocycles. The number of allylic oxidation sites excluding steroid dienone is 2. The number of hydrogen-bond donors (Lipinski definition) is 2. The molecule has 0 radical (unpaired) electrons. The summed E-state index contributed by atoms with van der Waals surface area (Å²) in [6.45, 7) is 1.87. The zero-order chi connectivity index (χ0) is 15.0. The van der Waals surface area contributed by atoms with Gasteiger partial charge in [-0.25, -0.2) is 9.38 Å². The van der Waals surface area contributed by atoms with Gasteiger partial charge in [-0.1, -0.05) is 35.9 Å². The maximum absolute atomic E-state index is 13.5. The average molecular weight is 304 g/mol. The highest BCUT2D eigenvalue weighted by Gasteiger charge is 2.27. The molecule has 1 heterocycles. The number of benzene rings is 1. The van der Waals surface area contributed by atoms with Crippen molar-refractivity contribution < 1.29 is 4.39 Å². The summed E-state index contributed by atoms with van der Waals surface area (Å²) in [5, 5.41) is 3.92. The summed E-state index contributed by atoms with van der Waals surface area (Å²) in [6, 6.07) is 5.97. The first-order valence-corrected chi connectivity index (χ1v) is 7.09. The molecular formula is C16H15ClFN3. The second-order valence-electron chi connectivity index (χ2n) is 5.08. The number of rotatable bonds is 2. The predicted molar refractivity (Wildman–Crippen MR) is 84.4 cm³/mol. The summed E-state index contributed by atoms with van der Waals surface area (Å²) in [6.07, 6.45) is 5.64. The van der Waals surface area contributed by atoms with Gasteiger partial charge in [0.15, 0.2) is 0 Å². The highest BCUT2D eigenvalue weighted by Crippen LogP contribution is 2.29. The Bertz CT molecular complexity index is 701. The van der Waals surface area contributed by atoms with Gasteiger partial charge in [0, 0.05) is 11.6 Å². The lowest BCUT2D eigenvalue weighted by atomic mass is 9.98. The molecule has 1 aromatic carbocycles. The van der Waals surface area contributed by atoms with E-state index in [9.17, 15) is 4.39 Å². The molecule has 0 bridgehead atoms. The Balaban J connectivity index is 2.14. The van der Waals surface area contributed by atoms with Crippen LogP contribution in [0.4, 0.5) is 4.39 Å². The molecule has 0 aromatic heterocycles. The van der Waals surface area contributed by atoms with E-state index in [-0.39, 0.29) is 17.9 Å². The molecule has 0 saturated carbocycles. The number of nitrogens with two attached hydrogens (primary N) is 1. The Morgan fingerprint density at radius 1 is 1.43 bits per heavy atom. The van der Waals surface area contributed by atoms with Crippen LogP contribution in [0, 0.1) is 5.82 Å². The van der Waals surface area contributed by atoms with Gasteiger partial charge in [-0.05, 0) is 25.1 Å². The normalized spacial score (nSPS) is 22.2. The SMILES string of the molecule is CC(N)C1=C(c2cccc(F)c2)N=C2C(Cl)=CC=CC2N1. The fourth-order valence-electron chi connectivity index (χ4n) is 2.44. The van der Waals surface area contributed by atoms with Gasteiger partial charge in [-0.3, -0.25) is 0 Å². The minimum atomic E-state index is -0.309. The van der Waals surface area contributed by atoms with Crippen molar-refractivity contribution in [2.45, 2.75) is 19.0 Å². The predicted octanol–water partition coefficient (Wildman–Crippen LogP) is 2.95. The summed E-state index contributed by atoms with van der Waals surface area (Å²) in [5.41, 5.74) is 8.86. The zero-order valence-corrected chi connectivity index (χ0v) is 12.2. The molecule has 108 valence electrons. The molecule has 1 aliphatic heterocycles. The number of fused-ring (bicyclic) bond motifs is 1. The first kappa shape index (κ1) is 14.0. The van der Waals surface area contributed by atoms with Crippen LogP contribution in [0.25, 0.3) is 5.70 Å². The van der Waals surface area contributed by atoms with Crippen LogP contribution in [-0.2, 0) is 0 Å². The number of aliphatic imine (C=N–C) groups is 1. The van der Waals surface area contributed by atoms with Crippen LogP contribution >= 0.6 is 11.6 Å². The van der Waals surface area contributed by atoms with E-state index in [0.717, 1.165) is 11.4 Å². The molecule has 0 fully saturated rings. The highest BCUT2D eigenvalue weighted by molar-refractivity contribution is 6.45. The average Bonchev–Trinajstić information content (AvgIpc) is 2.46. The van der Waals surface area contributed by atoms with Gasteiger partial charge in [0.2, 0.25) is 0 Å². The van der Waals surface area contributed by atoms with E-state index in [1.807, 2.05) is 25.1 Å². The van der Waals surface area contributed by atoms with Crippen molar-refractivity contribution in [1.29, 1.82) is 0 Å². The van der Waals surface area contributed by atoms with E-state index in [2.05, 4.69) is 10.3 Å². The Hall–Kier alpha value is -1.91. The van der Waals surface area contributed by atoms with Crippen LogP contribution in [0.2, 0.25) is 0 Å². The van der Waals surface area contributed by atoms with Crippen molar-refractivity contribution in [3.05, 3.63) is 64.6 Å². The van der Waals surface area contributed by atoms with Crippen molar-refractivity contribution in [2.75, 3.05) is 0 Å². The Labute approximate surface area is 127 Å². The molecule has 3 N–H and O–H groups in total. The standard InChI is InChI=1S/C16H15ClFN3/c1-9(19)14-15(10-4-2-5-11(18)8-10)21-16-12(17)6-3-7-13(16)20-14/h2-9,13,20H,19H2,1H3. The lowest BCUT2D eigenvalue weighted by Crippen LogP contribution is -2.43. The summed E-state index contributed by atoms with van der Waals surface area (Å²) in [5.74, 6) is -0.309. The van der Waals surface area contributed by atoms with Crippen LogP contribution in [0.15, 0.2) is 58.2 Å². The third kappa shape index (κ3) is 2.64. The minimum Gasteiger partial charge on any atom is -0.374 e. The van der Waals surface area contributed by atoms with Crippen LogP contribution in [0.3, 0.4) is 0 Å². The summed E-state index contributed by atoms with van der Waals surface area (Å²) in [7, 11) is 0. The van der Waals surface area contributed by atoms with Crippen LogP contribution in [0.5, 0.6) is 0 Å². The van der Waals surface area contributed by atoms with Gasteiger partial charge in [0.25, 0.3) is 0 Å². The lowest BCUT2D eigenvalue weighted by molar-refractivity contribution is 0.627. The van der Waals surface area contributed by atoms with Crippen molar-refractivity contribution in [2.24, 2.45) is 10.7 Å². The van der Waals surface area contributed by atoms with E-state index in [1.165, 1.54) is 12.1 Å². The molecule has 2 unspecified atom stereocenters. The smallest absolute Gasteiger partial charge is 0.123 e. The first-order chi connectivity index (χ1) is 10.1. The molecule has 3 rings (SSSR count). The van der Waals surface area contributed by atoms with Crippen LogP contribution in [-0.4, -0.2) is 17.8 Å². The second-order valence-corrected chi connectivity index (χ2v) is 5.49. The molecule has 0 saturated heterocycles. The van der Waals surface area contributed by atoms with E-state index in [4.69, 9.17) is 17.3 Å². The molecule has 2 atom stereocenters. The zero-order valence-electron chi connectivity index (χ0n) is 11.5. The molecule has 3 nitrogen and oxygen atoms in total. The molecule has 1 aromatic rings. The van der Waals surface area contributed by atoms with Crippen molar-refractivity contribution in [3.63, 3.8) is 0 Å². The van der Waals surface area contributed by atoms with Gasteiger partial charge in [0.1, 0.15) is 5.82 Å². The third-order valence-corrected chi connectivity index (χ3v) is 3.76. The lowest BCUT2D eigenvalue weighted by Gasteiger charge is -2.30. The molecule has 21 heavy (non-hydrogen) atoms. The minimum absolute atomic E-state index is 0.0965. The molecule has 2 aliphatic rings. The molecule has 5 heteroatoms. The third-order valence-electron chi connectivity index (χ3n) is 3.44. The van der Waals surface area contributed by atoms with Crippen LogP contribution < -0.4 is 11.1 Å². The monoisotopic (exact) mass is 303 g/mol. The fraction of sp³-hybridized carbons (Fsp3) is 0.188. The van der Waals surface area contributed by atoms with E-state index >= 15 is 0 Å². The highest BCUT2D eigenvalue weighted by atomic mass is 35.5. The summed E-state index contributed by atoms with van der Waals surface area (Å²) >= 11 is 6.21. The summed E-state index contributed by atoms with van der Waals surface area (Å²) in [4.78, 5) is 4.63. The van der Waals surface area contributed by atoms with E-state index in [0.29, 0.717) is 16.3 Å². The van der Waals surface area contributed by atoms with Gasteiger partial charge in [-0.15, -0.1) is 0 Å². The molecule has 0 spiro atoms. The van der Waals surface area contributed by atoms with Crippen molar-refractivity contribution in [1.82, 2.24) is 5.32 Å². The molecule has 0 amide bonds. The number of nitrogens with one attached hydrogen (secondary N) is 1. The van der Waals surface area contributed by atoms with Crippen LogP contribution in [0.1, 0.15) is 12.5 Å². The largest absolute Gasteiger partial charge is 0.374 e. The van der Waals surface area contributed by atoms with Crippen molar-refractivity contribution in [3.8, 4) is 0 Å². The van der Waals surface area contributed by atoms with E-state index in [1.54, 1.807) is 12.1 Å². The van der Waals surface area contributed by atoms with Gasteiger partial charge in [-0.2, -0.15) is 0 Å². The quantitative estimate of drug-likeness (QED) is 0.882. The second kappa shape index (κ2) is 5.47. The Kier molecular flexibility index (Phi) is 3.66. The first-order valence-electron chi connectivity index (χ1n) is 6.71. The maximum Gasteiger partial charge on any atom is 0.123 e. The molecular weight excluding hydrogens is 289 g/mol. The fourth-order valence-corrected chi connectivity index (χ4v) is 2.67. The number of nitrogens with zero attached hydrogens (tertiary/aromatic N) is 1. The Morgan fingerprint density at radius 3 is 2.95 bits per heavy atom. The Morgan fingerprint density at radius 2 is 2.24 bits per heavy atom. The van der Waals surface area contributed by atoms with E-state index < -0.39 is 0 Å².